The third-order valence-corrected chi connectivity index (χ3v) is 4.32. The molecule has 25 heavy (non-hydrogen) atoms. The van der Waals surface area contributed by atoms with E-state index >= 15 is 0 Å². The fraction of sp³-hybridized carbons (Fsp3) is 0.278. The van der Waals surface area contributed by atoms with E-state index in [-0.39, 0.29) is 16.3 Å². The first-order valence-corrected chi connectivity index (χ1v) is 8.36. The zero-order valence-corrected chi connectivity index (χ0v) is 15.1. The molecule has 0 atom stereocenters. The molecule has 132 valence electrons. The summed E-state index contributed by atoms with van der Waals surface area (Å²) in [5, 5.41) is 13.8. The lowest BCUT2D eigenvalue weighted by Gasteiger charge is -2.22. The predicted octanol–water partition coefficient (Wildman–Crippen LogP) is 4.66. The molecule has 6 nitrogen and oxygen atoms in total. The summed E-state index contributed by atoms with van der Waals surface area (Å²) in [6.45, 7) is 7.85. The highest BCUT2D eigenvalue weighted by molar-refractivity contribution is 6.34. The van der Waals surface area contributed by atoms with Gasteiger partial charge < -0.3 is 10.2 Å². The third-order valence-electron chi connectivity index (χ3n) is 3.99. The Morgan fingerprint density at radius 1 is 1.20 bits per heavy atom. The highest BCUT2D eigenvalue weighted by atomic mass is 35.5. The SMILES string of the molecule is CCN(CC)c1ccc(NC(=O)c2cc([N+](=O)[O-])ccc2Cl)c(C)c1. The third kappa shape index (κ3) is 4.28. The Hall–Kier alpha value is -2.60. The normalized spacial score (nSPS) is 10.4. The van der Waals surface area contributed by atoms with Gasteiger partial charge in [-0.3, -0.25) is 14.9 Å². The Morgan fingerprint density at radius 2 is 1.88 bits per heavy atom. The van der Waals surface area contributed by atoms with Gasteiger partial charge in [0, 0.05) is 36.6 Å². The Kier molecular flexibility index (Phi) is 5.98. The molecule has 0 radical (unpaired) electrons. The topological polar surface area (TPSA) is 75.5 Å². The number of aryl methyl sites for hydroxylation is 1. The zero-order valence-electron chi connectivity index (χ0n) is 14.4. The van der Waals surface area contributed by atoms with E-state index < -0.39 is 10.8 Å². The summed E-state index contributed by atoms with van der Waals surface area (Å²) in [7, 11) is 0. The summed E-state index contributed by atoms with van der Waals surface area (Å²) in [6.07, 6.45) is 0. The molecule has 0 spiro atoms. The number of nitro groups is 1. The number of anilines is 2. The number of non-ortho nitro benzene ring substituents is 1. The van der Waals surface area contributed by atoms with Gasteiger partial charge in [-0.15, -0.1) is 0 Å². The minimum atomic E-state index is -0.558. The van der Waals surface area contributed by atoms with Crippen molar-refractivity contribution in [3.8, 4) is 0 Å². The number of halogens is 1. The average Bonchev–Trinajstić information content (AvgIpc) is 2.58. The molecule has 2 aromatic rings. The van der Waals surface area contributed by atoms with Crippen LogP contribution < -0.4 is 10.2 Å². The Balaban J connectivity index is 2.26. The first kappa shape index (κ1) is 18.7. The highest BCUT2D eigenvalue weighted by Gasteiger charge is 2.17. The van der Waals surface area contributed by atoms with Crippen molar-refractivity contribution in [1.29, 1.82) is 0 Å². The lowest BCUT2D eigenvalue weighted by Crippen LogP contribution is -2.22. The molecule has 2 rings (SSSR count). The van der Waals surface area contributed by atoms with Crippen LogP contribution in [-0.4, -0.2) is 23.9 Å². The summed E-state index contributed by atoms with van der Waals surface area (Å²) < 4.78 is 0. The van der Waals surface area contributed by atoms with Gasteiger partial charge in [0.05, 0.1) is 15.5 Å². The van der Waals surface area contributed by atoms with E-state index in [1.165, 1.54) is 18.2 Å². The molecule has 0 unspecified atom stereocenters. The van der Waals surface area contributed by atoms with Gasteiger partial charge in [-0.25, -0.2) is 0 Å². The molecule has 0 fully saturated rings. The second-order valence-corrected chi connectivity index (χ2v) is 5.95. The number of hydrogen-bond donors (Lipinski definition) is 1. The Bertz CT molecular complexity index is 804. The van der Waals surface area contributed by atoms with Crippen LogP contribution in [0.4, 0.5) is 17.1 Å². The molecule has 2 aromatic carbocycles. The molecule has 0 bridgehead atoms. The number of hydrogen-bond acceptors (Lipinski definition) is 4. The van der Waals surface area contributed by atoms with Gasteiger partial charge in [-0.05, 0) is 50.6 Å². The van der Waals surface area contributed by atoms with Gasteiger partial charge in [0.1, 0.15) is 0 Å². The quantitative estimate of drug-likeness (QED) is 0.600. The van der Waals surface area contributed by atoms with Gasteiger partial charge in [0.25, 0.3) is 11.6 Å². The van der Waals surface area contributed by atoms with Crippen LogP contribution in [0.15, 0.2) is 36.4 Å². The van der Waals surface area contributed by atoms with Gasteiger partial charge in [-0.1, -0.05) is 11.6 Å². The fourth-order valence-electron chi connectivity index (χ4n) is 2.56. The Morgan fingerprint density at radius 3 is 2.44 bits per heavy atom. The maximum absolute atomic E-state index is 12.5. The highest BCUT2D eigenvalue weighted by Crippen LogP contribution is 2.26. The molecular weight excluding hydrogens is 342 g/mol. The summed E-state index contributed by atoms with van der Waals surface area (Å²) in [4.78, 5) is 25.0. The largest absolute Gasteiger partial charge is 0.372 e. The van der Waals surface area contributed by atoms with E-state index in [2.05, 4.69) is 24.1 Å². The van der Waals surface area contributed by atoms with Crippen LogP contribution in [0.1, 0.15) is 29.8 Å². The molecule has 0 aromatic heterocycles. The number of nitro benzene ring substituents is 1. The summed E-state index contributed by atoms with van der Waals surface area (Å²) in [5.41, 5.74) is 2.52. The molecule has 7 heteroatoms. The minimum absolute atomic E-state index is 0.0723. The number of nitrogens with zero attached hydrogens (tertiary/aromatic N) is 2. The van der Waals surface area contributed by atoms with Crippen LogP contribution in [0.25, 0.3) is 0 Å². The zero-order chi connectivity index (χ0) is 18.6. The van der Waals surface area contributed by atoms with Crippen molar-refractivity contribution in [1.82, 2.24) is 0 Å². The van der Waals surface area contributed by atoms with Gasteiger partial charge >= 0.3 is 0 Å². The van der Waals surface area contributed by atoms with Crippen molar-refractivity contribution in [2.24, 2.45) is 0 Å². The summed E-state index contributed by atoms with van der Waals surface area (Å²) in [5.74, 6) is -0.479. The van der Waals surface area contributed by atoms with Gasteiger partial charge in [-0.2, -0.15) is 0 Å². The number of benzene rings is 2. The van der Waals surface area contributed by atoms with E-state index in [1.54, 1.807) is 0 Å². The predicted molar refractivity (Wildman–Crippen MR) is 101 cm³/mol. The fourth-order valence-corrected chi connectivity index (χ4v) is 2.77. The average molecular weight is 362 g/mol. The lowest BCUT2D eigenvalue weighted by molar-refractivity contribution is -0.384. The van der Waals surface area contributed by atoms with Crippen molar-refractivity contribution in [3.63, 3.8) is 0 Å². The monoisotopic (exact) mass is 361 g/mol. The van der Waals surface area contributed by atoms with Crippen LogP contribution in [0, 0.1) is 17.0 Å². The maximum Gasteiger partial charge on any atom is 0.270 e. The molecule has 0 aliphatic carbocycles. The van der Waals surface area contributed by atoms with E-state index in [4.69, 9.17) is 11.6 Å². The number of nitrogens with one attached hydrogen (secondary N) is 1. The smallest absolute Gasteiger partial charge is 0.270 e. The summed E-state index contributed by atoms with van der Waals surface area (Å²) in [6, 6.07) is 9.56. The standard InChI is InChI=1S/C18H20ClN3O3/c1-4-21(5-2)13-7-9-17(12(3)10-13)20-18(23)15-11-14(22(24)25)6-8-16(15)19/h6-11H,4-5H2,1-3H3,(H,20,23). The first-order chi connectivity index (χ1) is 11.9. The lowest BCUT2D eigenvalue weighted by atomic mass is 10.1. The van der Waals surface area contributed by atoms with Gasteiger partial charge in [0.15, 0.2) is 0 Å². The molecule has 0 saturated heterocycles. The molecule has 0 saturated carbocycles. The van der Waals surface area contributed by atoms with E-state index in [0.717, 1.165) is 24.3 Å². The van der Waals surface area contributed by atoms with Crippen LogP contribution in [-0.2, 0) is 0 Å². The molecule has 0 aliphatic rings. The summed E-state index contributed by atoms with van der Waals surface area (Å²) >= 11 is 6.02. The van der Waals surface area contributed by atoms with Crippen LogP contribution in [0.5, 0.6) is 0 Å². The van der Waals surface area contributed by atoms with Crippen molar-refractivity contribution >= 4 is 34.6 Å². The molecular formula is C18H20ClN3O3. The number of carbonyl (C=O) groups excluding carboxylic acids is 1. The molecule has 1 N–H and O–H groups in total. The van der Waals surface area contributed by atoms with E-state index in [1.807, 2.05) is 25.1 Å². The van der Waals surface area contributed by atoms with Crippen molar-refractivity contribution < 1.29 is 9.72 Å². The second kappa shape index (κ2) is 7.98. The first-order valence-electron chi connectivity index (χ1n) is 7.98. The molecule has 0 heterocycles. The molecule has 0 aliphatic heterocycles. The maximum atomic E-state index is 12.5. The van der Waals surface area contributed by atoms with Crippen molar-refractivity contribution in [2.75, 3.05) is 23.3 Å². The van der Waals surface area contributed by atoms with Crippen LogP contribution >= 0.6 is 11.6 Å². The Labute approximate surface area is 151 Å². The number of amides is 1. The van der Waals surface area contributed by atoms with Crippen molar-refractivity contribution in [3.05, 3.63) is 62.7 Å². The minimum Gasteiger partial charge on any atom is -0.372 e. The van der Waals surface area contributed by atoms with E-state index in [9.17, 15) is 14.9 Å². The number of rotatable bonds is 6. The molecule has 1 amide bonds. The van der Waals surface area contributed by atoms with Crippen LogP contribution in [0.3, 0.4) is 0 Å². The van der Waals surface area contributed by atoms with Crippen molar-refractivity contribution in [2.45, 2.75) is 20.8 Å². The van der Waals surface area contributed by atoms with E-state index in [0.29, 0.717) is 5.69 Å². The number of carbonyl (C=O) groups is 1. The van der Waals surface area contributed by atoms with Gasteiger partial charge in [0.2, 0.25) is 0 Å². The van der Waals surface area contributed by atoms with Crippen LogP contribution in [0.2, 0.25) is 5.02 Å². The second-order valence-electron chi connectivity index (χ2n) is 5.55.